The molecule has 0 aromatic heterocycles. The van der Waals surface area contributed by atoms with E-state index >= 15 is 0 Å². The minimum absolute atomic E-state index is 0.0465. The third kappa shape index (κ3) is 5.65. The number of carbonyl (C=O) groups excluding carboxylic acids is 3. The highest BCUT2D eigenvalue weighted by Crippen LogP contribution is 2.30. The molecule has 2 atom stereocenters. The molecule has 9 heteroatoms. The molecule has 222 valence electrons. The molecule has 1 unspecified atom stereocenters. The Bertz CT molecular complexity index is 1820. The van der Waals surface area contributed by atoms with Gasteiger partial charge in [0.2, 0.25) is 12.1 Å². The summed E-state index contributed by atoms with van der Waals surface area (Å²) >= 11 is 0. The Morgan fingerprint density at radius 3 is 2.45 bits per heavy atom. The van der Waals surface area contributed by atoms with Crippen molar-refractivity contribution in [3.05, 3.63) is 136 Å². The molecule has 0 saturated carbocycles. The van der Waals surface area contributed by atoms with Crippen molar-refractivity contribution in [1.29, 1.82) is 0 Å². The average Bonchev–Trinajstić information content (AvgIpc) is 3.13. The normalized spacial score (nSPS) is 16.9. The highest BCUT2D eigenvalue weighted by Gasteiger charge is 2.33. The number of aryl methyl sites for hydroxylation is 1. The molecular formula is C35H28F3N3O3. The fraction of sp³-hybridized carbons (Fsp3) is 0.200. The fourth-order valence-electron chi connectivity index (χ4n) is 5.82. The van der Waals surface area contributed by atoms with E-state index in [0.29, 0.717) is 45.6 Å². The quantitative estimate of drug-likeness (QED) is 0.301. The average molecular weight is 596 g/mol. The molecule has 1 N–H and O–H groups in total. The summed E-state index contributed by atoms with van der Waals surface area (Å²) in [5.74, 6) is -4.62. The molecular weight excluding hydrogens is 567 g/mol. The highest BCUT2D eigenvalue weighted by molar-refractivity contribution is 6.21. The molecule has 0 spiro atoms. The fourth-order valence-corrected chi connectivity index (χ4v) is 5.82. The maximum absolute atomic E-state index is 14.0. The lowest BCUT2D eigenvalue weighted by atomic mass is 9.87. The summed E-state index contributed by atoms with van der Waals surface area (Å²) < 4.78 is 41.4. The Labute approximate surface area is 252 Å². The van der Waals surface area contributed by atoms with Crippen LogP contribution in [-0.2, 0) is 22.4 Å². The predicted molar refractivity (Wildman–Crippen MR) is 160 cm³/mol. The first-order valence-electron chi connectivity index (χ1n) is 14.3. The lowest BCUT2D eigenvalue weighted by molar-refractivity contribution is -0.128. The van der Waals surface area contributed by atoms with Gasteiger partial charge in [0.15, 0.2) is 17.4 Å². The number of para-hydroxylation sites is 1. The SMILES string of the molecule is CN1C(=O)C(NC(=O)[C@H](Cc2ccc(F)c(F)c2)c2ccc(F)cc2)N=C(c2ccc3c(c2)C(=O)CCC3)c2ccccc21. The van der Waals surface area contributed by atoms with E-state index in [9.17, 15) is 27.6 Å². The van der Waals surface area contributed by atoms with Gasteiger partial charge >= 0.3 is 0 Å². The summed E-state index contributed by atoms with van der Waals surface area (Å²) in [5, 5.41) is 2.76. The van der Waals surface area contributed by atoms with Crippen LogP contribution in [0.25, 0.3) is 0 Å². The van der Waals surface area contributed by atoms with Gasteiger partial charge < -0.3 is 10.2 Å². The first kappa shape index (κ1) is 29.0. The van der Waals surface area contributed by atoms with E-state index in [2.05, 4.69) is 5.32 Å². The van der Waals surface area contributed by atoms with Crippen LogP contribution in [0.2, 0.25) is 0 Å². The third-order valence-electron chi connectivity index (χ3n) is 8.17. The molecule has 44 heavy (non-hydrogen) atoms. The van der Waals surface area contributed by atoms with Crippen molar-refractivity contribution >= 4 is 29.0 Å². The number of aliphatic imine (C=N–C) groups is 1. The Morgan fingerprint density at radius 2 is 1.68 bits per heavy atom. The van der Waals surface area contributed by atoms with Gasteiger partial charge in [-0.15, -0.1) is 0 Å². The maximum Gasteiger partial charge on any atom is 0.272 e. The first-order chi connectivity index (χ1) is 21.2. The van der Waals surface area contributed by atoms with Gasteiger partial charge in [-0.3, -0.25) is 14.4 Å². The Kier molecular flexibility index (Phi) is 7.86. The third-order valence-corrected chi connectivity index (χ3v) is 8.17. The van der Waals surface area contributed by atoms with Gasteiger partial charge in [-0.1, -0.05) is 48.5 Å². The molecule has 0 radical (unpaired) electrons. The maximum atomic E-state index is 14.0. The lowest BCUT2D eigenvalue weighted by Gasteiger charge is -2.23. The van der Waals surface area contributed by atoms with Gasteiger partial charge in [-0.05, 0) is 72.4 Å². The Morgan fingerprint density at radius 1 is 0.909 bits per heavy atom. The monoisotopic (exact) mass is 595 g/mol. The Balaban J connectivity index is 1.40. The zero-order valence-electron chi connectivity index (χ0n) is 23.8. The second-order valence-electron chi connectivity index (χ2n) is 11.0. The Hall–Kier alpha value is -5.05. The zero-order valence-corrected chi connectivity index (χ0v) is 23.8. The van der Waals surface area contributed by atoms with E-state index in [0.717, 1.165) is 30.5 Å². The van der Waals surface area contributed by atoms with Crippen LogP contribution in [-0.4, -0.2) is 36.5 Å². The van der Waals surface area contributed by atoms with Crippen molar-refractivity contribution < 1.29 is 27.6 Å². The van der Waals surface area contributed by atoms with Gasteiger partial charge in [0, 0.05) is 30.2 Å². The van der Waals surface area contributed by atoms with Crippen molar-refractivity contribution in [2.24, 2.45) is 4.99 Å². The summed E-state index contributed by atoms with van der Waals surface area (Å²) in [6.07, 6.45) is 0.654. The number of nitrogens with zero attached hydrogens (tertiary/aromatic N) is 2. The number of halogens is 3. The number of hydrogen-bond donors (Lipinski definition) is 1. The van der Waals surface area contributed by atoms with Crippen molar-refractivity contribution in [2.75, 3.05) is 11.9 Å². The molecule has 1 heterocycles. The number of likely N-dealkylation sites (N-methyl/N-ethyl adjacent to an activating group) is 1. The smallest absolute Gasteiger partial charge is 0.272 e. The largest absolute Gasteiger partial charge is 0.326 e. The van der Waals surface area contributed by atoms with Crippen molar-refractivity contribution in [3.8, 4) is 0 Å². The van der Waals surface area contributed by atoms with E-state index in [4.69, 9.17) is 4.99 Å². The molecule has 0 saturated heterocycles. The van der Waals surface area contributed by atoms with Gasteiger partial charge in [-0.25, -0.2) is 18.2 Å². The summed E-state index contributed by atoms with van der Waals surface area (Å²) in [7, 11) is 1.59. The number of benzene rings is 4. The standard InChI is InChI=1S/C35H28F3N3O3/c1-41-30-7-3-2-6-25(30)32(23-11-10-21-5-4-8-31(42)26(21)19-23)39-33(35(41)44)40-34(43)27(22-12-14-24(36)15-13-22)17-20-9-16-28(37)29(38)18-20/h2-3,6-7,9-16,18-19,27,33H,4-5,8,17H2,1H3,(H,40,43)/t27-,33?/m1/s1. The van der Waals surface area contributed by atoms with Crippen LogP contribution in [0.1, 0.15) is 56.9 Å². The number of carbonyl (C=O) groups is 3. The second-order valence-corrected chi connectivity index (χ2v) is 11.0. The number of fused-ring (bicyclic) bond motifs is 2. The molecule has 6 rings (SSSR count). The molecule has 1 aliphatic carbocycles. The summed E-state index contributed by atoms with van der Waals surface area (Å²) in [6.45, 7) is 0. The van der Waals surface area contributed by atoms with Gasteiger partial charge in [0.1, 0.15) is 5.82 Å². The van der Waals surface area contributed by atoms with E-state index in [-0.39, 0.29) is 12.2 Å². The number of benzodiazepines with no additional fused rings is 1. The van der Waals surface area contributed by atoms with Crippen LogP contribution in [0.5, 0.6) is 0 Å². The molecule has 2 amide bonds. The van der Waals surface area contributed by atoms with E-state index in [1.165, 1.54) is 35.2 Å². The lowest BCUT2D eigenvalue weighted by Crippen LogP contribution is -2.47. The second kappa shape index (κ2) is 11.9. The molecule has 0 fully saturated rings. The van der Waals surface area contributed by atoms with Crippen LogP contribution in [0.4, 0.5) is 18.9 Å². The highest BCUT2D eigenvalue weighted by atomic mass is 19.2. The van der Waals surface area contributed by atoms with Crippen molar-refractivity contribution in [1.82, 2.24) is 5.32 Å². The van der Waals surface area contributed by atoms with Crippen LogP contribution in [0.3, 0.4) is 0 Å². The van der Waals surface area contributed by atoms with Gasteiger partial charge in [0.25, 0.3) is 5.91 Å². The number of nitrogens with one attached hydrogen (secondary N) is 1. The molecule has 4 aromatic carbocycles. The summed E-state index contributed by atoms with van der Waals surface area (Å²) in [5.41, 5.74) is 4.64. The van der Waals surface area contributed by atoms with E-state index < -0.39 is 41.3 Å². The van der Waals surface area contributed by atoms with Crippen LogP contribution in [0, 0.1) is 17.5 Å². The number of anilines is 1. The minimum atomic E-state index is -1.35. The van der Waals surface area contributed by atoms with E-state index in [1.54, 1.807) is 25.2 Å². The zero-order chi connectivity index (χ0) is 31.0. The molecule has 2 aliphatic rings. The predicted octanol–water partition coefficient (Wildman–Crippen LogP) is 5.91. The molecule has 6 nitrogen and oxygen atoms in total. The number of hydrogen-bond acceptors (Lipinski definition) is 4. The molecule has 0 bridgehead atoms. The summed E-state index contributed by atoms with van der Waals surface area (Å²) in [4.78, 5) is 46.6. The van der Waals surface area contributed by atoms with Crippen molar-refractivity contribution in [2.45, 2.75) is 37.8 Å². The van der Waals surface area contributed by atoms with Gasteiger partial charge in [-0.2, -0.15) is 0 Å². The van der Waals surface area contributed by atoms with E-state index in [1.807, 2.05) is 24.3 Å². The van der Waals surface area contributed by atoms with Crippen LogP contribution in [0.15, 0.2) is 89.9 Å². The number of Topliss-reactive ketones (excluding diaryl/α,β-unsaturated/α-hetero) is 1. The first-order valence-corrected chi connectivity index (χ1v) is 14.3. The summed E-state index contributed by atoms with van der Waals surface area (Å²) in [6, 6.07) is 21.4. The number of rotatable bonds is 6. The van der Waals surface area contributed by atoms with Crippen molar-refractivity contribution in [3.63, 3.8) is 0 Å². The van der Waals surface area contributed by atoms with Crippen LogP contribution < -0.4 is 10.2 Å². The minimum Gasteiger partial charge on any atom is -0.326 e. The molecule has 1 aliphatic heterocycles. The topological polar surface area (TPSA) is 78.8 Å². The van der Waals surface area contributed by atoms with Crippen LogP contribution >= 0.6 is 0 Å². The molecule has 4 aromatic rings. The van der Waals surface area contributed by atoms with Gasteiger partial charge in [0.05, 0.1) is 17.3 Å². The number of amides is 2. The number of ketones is 1.